The van der Waals surface area contributed by atoms with Gasteiger partial charge in [-0.3, -0.25) is 4.90 Å². The van der Waals surface area contributed by atoms with Gasteiger partial charge in [-0.15, -0.1) is 12.4 Å². The lowest BCUT2D eigenvalue weighted by Gasteiger charge is -2.23. The van der Waals surface area contributed by atoms with Crippen molar-refractivity contribution in [2.45, 2.75) is 12.8 Å². The molecule has 0 atom stereocenters. The molecule has 0 bridgehead atoms. The fourth-order valence-corrected chi connectivity index (χ4v) is 0. The van der Waals surface area contributed by atoms with Gasteiger partial charge in [-0.2, -0.15) is 0 Å². The van der Waals surface area contributed by atoms with Gasteiger partial charge in [0.05, 0.1) is 0 Å². The van der Waals surface area contributed by atoms with Crippen LogP contribution in [0.15, 0.2) is 0 Å². The lowest BCUT2D eigenvalue weighted by Crippen LogP contribution is -2.40. The summed E-state index contributed by atoms with van der Waals surface area (Å²) in [5.41, 5.74) is 0. The Bertz CT molecular complexity index is 59.5. The zero-order valence-corrected chi connectivity index (χ0v) is 6.07. The minimum absolute atomic E-state index is 0. The van der Waals surface area contributed by atoms with E-state index in [1.807, 2.05) is 0 Å². The minimum atomic E-state index is -1.67. The molecule has 0 saturated carbocycles. The Morgan fingerprint density at radius 3 is 1.38 bits per heavy atom. The molecule has 0 aromatic heterocycles. The van der Waals surface area contributed by atoms with Crippen LogP contribution in [0.1, 0.15) is 6.92 Å². The van der Waals surface area contributed by atoms with Crippen molar-refractivity contribution in [2.75, 3.05) is 14.1 Å². The SMILES string of the molecule is CN(C)C(C)(O)O.Cl. The molecule has 0 aromatic carbocycles. The second kappa shape index (κ2) is 3.25. The summed E-state index contributed by atoms with van der Waals surface area (Å²) in [6.07, 6.45) is 0. The van der Waals surface area contributed by atoms with Gasteiger partial charge in [-0.25, -0.2) is 0 Å². The molecule has 0 aliphatic rings. The third-order valence-electron chi connectivity index (χ3n) is 0.847. The minimum Gasteiger partial charge on any atom is -0.353 e. The highest BCUT2D eigenvalue weighted by Gasteiger charge is 2.16. The van der Waals surface area contributed by atoms with E-state index in [0.29, 0.717) is 0 Å². The van der Waals surface area contributed by atoms with E-state index in [1.165, 1.54) is 11.8 Å². The molecule has 8 heavy (non-hydrogen) atoms. The number of rotatable bonds is 1. The van der Waals surface area contributed by atoms with E-state index in [0.717, 1.165) is 0 Å². The van der Waals surface area contributed by atoms with E-state index in [9.17, 15) is 0 Å². The maximum Gasteiger partial charge on any atom is 0.221 e. The Morgan fingerprint density at radius 1 is 1.25 bits per heavy atom. The van der Waals surface area contributed by atoms with Crippen molar-refractivity contribution in [2.24, 2.45) is 0 Å². The standard InChI is InChI=1S/C4H11NO2.ClH/c1-4(6,7)5(2)3;/h6-7H,1-3H3;1H. The summed E-state index contributed by atoms with van der Waals surface area (Å²) in [5, 5.41) is 17.2. The van der Waals surface area contributed by atoms with Crippen molar-refractivity contribution >= 4 is 12.4 Å². The summed E-state index contributed by atoms with van der Waals surface area (Å²) in [5.74, 6) is -1.67. The van der Waals surface area contributed by atoms with E-state index in [4.69, 9.17) is 10.2 Å². The Morgan fingerprint density at radius 2 is 1.38 bits per heavy atom. The lowest BCUT2D eigenvalue weighted by atomic mass is 10.5. The third kappa shape index (κ3) is 4.33. The normalized spacial score (nSPS) is 11.2. The molecule has 4 heteroatoms. The van der Waals surface area contributed by atoms with Crippen LogP contribution in [0.3, 0.4) is 0 Å². The highest BCUT2D eigenvalue weighted by Crippen LogP contribution is 1.97. The Labute approximate surface area is 55.3 Å². The number of hydrogen-bond acceptors (Lipinski definition) is 3. The van der Waals surface area contributed by atoms with Gasteiger partial charge < -0.3 is 10.2 Å². The van der Waals surface area contributed by atoms with Crippen LogP contribution in [0, 0.1) is 0 Å². The van der Waals surface area contributed by atoms with Crippen LogP contribution in [0.2, 0.25) is 0 Å². The van der Waals surface area contributed by atoms with Crippen LogP contribution in [0.25, 0.3) is 0 Å². The van der Waals surface area contributed by atoms with Gasteiger partial charge in [0.2, 0.25) is 5.91 Å². The predicted molar refractivity (Wildman–Crippen MR) is 33.8 cm³/mol. The van der Waals surface area contributed by atoms with Crippen LogP contribution in [0.4, 0.5) is 0 Å². The fraction of sp³-hybridized carbons (Fsp3) is 1.00. The average molecular weight is 142 g/mol. The van der Waals surface area contributed by atoms with Gasteiger partial charge in [-0.05, 0) is 14.1 Å². The van der Waals surface area contributed by atoms with Gasteiger partial charge in [-0.1, -0.05) is 0 Å². The molecule has 3 nitrogen and oxygen atoms in total. The van der Waals surface area contributed by atoms with Crippen molar-refractivity contribution in [1.29, 1.82) is 0 Å². The van der Waals surface area contributed by atoms with Gasteiger partial charge in [0.1, 0.15) is 0 Å². The molecule has 0 aliphatic heterocycles. The smallest absolute Gasteiger partial charge is 0.221 e. The van der Waals surface area contributed by atoms with E-state index < -0.39 is 5.91 Å². The molecule has 0 rings (SSSR count). The van der Waals surface area contributed by atoms with Gasteiger partial charge in [0.25, 0.3) is 0 Å². The molecule has 0 radical (unpaired) electrons. The molecule has 0 unspecified atom stereocenters. The van der Waals surface area contributed by atoms with Crippen LogP contribution in [-0.2, 0) is 0 Å². The van der Waals surface area contributed by atoms with Crippen molar-refractivity contribution < 1.29 is 10.2 Å². The molecule has 0 aromatic rings. The second-order valence-electron chi connectivity index (χ2n) is 1.87. The predicted octanol–water partition coefficient (Wildman–Crippen LogP) is -0.372. The largest absolute Gasteiger partial charge is 0.353 e. The summed E-state index contributed by atoms with van der Waals surface area (Å²) in [6.45, 7) is 1.30. The second-order valence-corrected chi connectivity index (χ2v) is 1.87. The van der Waals surface area contributed by atoms with E-state index in [2.05, 4.69) is 0 Å². The number of aliphatic hydroxyl groups is 2. The maximum absolute atomic E-state index is 8.58. The first kappa shape index (κ1) is 11.0. The van der Waals surface area contributed by atoms with E-state index in [1.54, 1.807) is 14.1 Å². The summed E-state index contributed by atoms with van der Waals surface area (Å²) < 4.78 is 0. The topological polar surface area (TPSA) is 43.7 Å². The monoisotopic (exact) mass is 141 g/mol. The zero-order valence-electron chi connectivity index (χ0n) is 5.25. The van der Waals surface area contributed by atoms with Crippen molar-refractivity contribution in [3.8, 4) is 0 Å². The molecule has 2 N–H and O–H groups in total. The molecule has 0 fully saturated rings. The highest BCUT2D eigenvalue weighted by atomic mass is 35.5. The van der Waals surface area contributed by atoms with E-state index >= 15 is 0 Å². The number of halogens is 1. The highest BCUT2D eigenvalue weighted by molar-refractivity contribution is 5.85. The molecular formula is C4H12ClNO2. The van der Waals surface area contributed by atoms with Crippen LogP contribution in [0.5, 0.6) is 0 Å². The molecule has 0 saturated heterocycles. The molecular weight excluding hydrogens is 130 g/mol. The average Bonchev–Trinajstić information content (AvgIpc) is 1.31. The number of nitrogens with zero attached hydrogens (tertiary/aromatic N) is 1. The van der Waals surface area contributed by atoms with Crippen molar-refractivity contribution in [3.05, 3.63) is 0 Å². The van der Waals surface area contributed by atoms with E-state index in [-0.39, 0.29) is 12.4 Å². The first-order valence-electron chi connectivity index (χ1n) is 2.07. The van der Waals surface area contributed by atoms with Crippen LogP contribution in [-0.4, -0.2) is 35.1 Å². The molecule has 0 amide bonds. The molecule has 0 spiro atoms. The van der Waals surface area contributed by atoms with Crippen molar-refractivity contribution in [3.63, 3.8) is 0 Å². The molecule has 52 valence electrons. The molecule has 0 aliphatic carbocycles. The van der Waals surface area contributed by atoms with Gasteiger partial charge in [0, 0.05) is 6.92 Å². The first-order chi connectivity index (χ1) is 2.94. The number of hydrogen-bond donors (Lipinski definition) is 2. The summed E-state index contributed by atoms with van der Waals surface area (Å²) in [7, 11) is 3.17. The van der Waals surface area contributed by atoms with Crippen LogP contribution < -0.4 is 0 Å². The summed E-state index contributed by atoms with van der Waals surface area (Å²) in [4.78, 5) is 1.30. The summed E-state index contributed by atoms with van der Waals surface area (Å²) >= 11 is 0. The van der Waals surface area contributed by atoms with Crippen LogP contribution >= 0.6 is 12.4 Å². The van der Waals surface area contributed by atoms with Gasteiger partial charge in [0.15, 0.2) is 0 Å². The van der Waals surface area contributed by atoms with Gasteiger partial charge >= 0.3 is 0 Å². The lowest BCUT2D eigenvalue weighted by molar-refractivity contribution is -0.234. The quantitative estimate of drug-likeness (QED) is 0.490. The first-order valence-corrected chi connectivity index (χ1v) is 2.07. The third-order valence-corrected chi connectivity index (χ3v) is 0.847. The fourth-order valence-electron chi connectivity index (χ4n) is 0. The summed E-state index contributed by atoms with van der Waals surface area (Å²) in [6, 6.07) is 0. The Hall–Kier alpha value is 0.170. The Kier molecular flexibility index (Phi) is 4.48. The zero-order chi connectivity index (χ0) is 6.08. The van der Waals surface area contributed by atoms with Crippen molar-refractivity contribution in [1.82, 2.24) is 4.90 Å². The Balaban J connectivity index is 0. The maximum atomic E-state index is 8.58. The molecule has 0 heterocycles.